The highest BCUT2D eigenvalue weighted by Gasteiger charge is 2.23. The van der Waals surface area contributed by atoms with Gasteiger partial charge in [0.2, 0.25) is 5.91 Å². The largest absolute Gasteiger partial charge is 0.381 e. The lowest BCUT2D eigenvalue weighted by Crippen LogP contribution is -2.48. The summed E-state index contributed by atoms with van der Waals surface area (Å²) < 4.78 is 5.47. The summed E-state index contributed by atoms with van der Waals surface area (Å²) in [6, 6.07) is 0. The van der Waals surface area contributed by atoms with Crippen LogP contribution in [0.5, 0.6) is 0 Å². The Morgan fingerprint density at radius 3 is 2.48 bits per heavy atom. The lowest BCUT2D eigenvalue weighted by Gasteiger charge is -2.35. The second-order valence-corrected chi connectivity index (χ2v) is 7.50. The van der Waals surface area contributed by atoms with E-state index in [4.69, 9.17) is 4.74 Å². The summed E-state index contributed by atoms with van der Waals surface area (Å²) in [4.78, 5) is 17.1. The van der Waals surface area contributed by atoms with E-state index in [1.54, 1.807) is 0 Å². The molecule has 0 unspecified atom stereocenters. The number of carbonyl (C=O) groups is 1. The van der Waals surface area contributed by atoms with Crippen molar-refractivity contribution < 1.29 is 9.53 Å². The third-order valence-corrected chi connectivity index (χ3v) is 5.68. The van der Waals surface area contributed by atoms with Crippen molar-refractivity contribution in [1.29, 1.82) is 0 Å². The average Bonchev–Trinajstić information content (AvgIpc) is 3.26. The zero-order valence-electron chi connectivity index (χ0n) is 14.5. The summed E-state index contributed by atoms with van der Waals surface area (Å²) in [5.74, 6) is 1.36. The molecule has 1 N–H and O–H groups in total. The molecule has 1 aliphatic carbocycles. The number of piperazine rings is 1. The van der Waals surface area contributed by atoms with Crippen LogP contribution in [0.15, 0.2) is 0 Å². The maximum atomic E-state index is 12.0. The predicted molar refractivity (Wildman–Crippen MR) is 91.4 cm³/mol. The number of amides is 1. The van der Waals surface area contributed by atoms with Crippen molar-refractivity contribution in [3.63, 3.8) is 0 Å². The molecular formula is C18H33N3O2. The van der Waals surface area contributed by atoms with Crippen molar-refractivity contribution >= 4 is 5.91 Å². The van der Waals surface area contributed by atoms with Crippen molar-refractivity contribution in [1.82, 2.24) is 15.1 Å². The van der Waals surface area contributed by atoms with Gasteiger partial charge in [-0.1, -0.05) is 12.8 Å². The van der Waals surface area contributed by atoms with Gasteiger partial charge in [0.1, 0.15) is 0 Å². The quantitative estimate of drug-likeness (QED) is 0.718. The second kappa shape index (κ2) is 9.00. The molecule has 2 aliphatic heterocycles. The van der Waals surface area contributed by atoms with Crippen LogP contribution in [0.25, 0.3) is 0 Å². The van der Waals surface area contributed by atoms with Crippen LogP contribution < -0.4 is 5.32 Å². The van der Waals surface area contributed by atoms with E-state index >= 15 is 0 Å². The van der Waals surface area contributed by atoms with Gasteiger partial charge >= 0.3 is 0 Å². The van der Waals surface area contributed by atoms with Gasteiger partial charge in [0, 0.05) is 51.8 Å². The van der Waals surface area contributed by atoms with Gasteiger partial charge in [-0.25, -0.2) is 0 Å². The molecule has 132 valence electrons. The van der Waals surface area contributed by atoms with Crippen LogP contribution in [0, 0.1) is 11.8 Å². The number of rotatable bonds is 7. The molecule has 3 rings (SSSR count). The monoisotopic (exact) mass is 323 g/mol. The molecule has 5 nitrogen and oxygen atoms in total. The number of hydrogen-bond donors (Lipinski definition) is 1. The highest BCUT2D eigenvalue weighted by Crippen LogP contribution is 2.24. The molecule has 23 heavy (non-hydrogen) atoms. The number of nitrogens with zero attached hydrogens (tertiary/aromatic N) is 2. The van der Waals surface area contributed by atoms with E-state index in [1.807, 2.05) is 0 Å². The Hall–Kier alpha value is -0.650. The van der Waals surface area contributed by atoms with Crippen molar-refractivity contribution in [3.8, 4) is 0 Å². The molecule has 1 atom stereocenters. The summed E-state index contributed by atoms with van der Waals surface area (Å²) in [6.45, 7) is 9.80. The first-order valence-electron chi connectivity index (χ1n) is 9.61. The van der Waals surface area contributed by atoms with E-state index in [-0.39, 0.29) is 0 Å². The summed E-state index contributed by atoms with van der Waals surface area (Å²) in [5, 5.41) is 3.13. The fraction of sp³-hybridized carbons (Fsp3) is 0.944. The Kier molecular flexibility index (Phi) is 6.72. The Morgan fingerprint density at radius 2 is 1.78 bits per heavy atom. The molecule has 0 bridgehead atoms. The van der Waals surface area contributed by atoms with E-state index in [9.17, 15) is 4.79 Å². The molecule has 2 heterocycles. The summed E-state index contributed by atoms with van der Waals surface area (Å²) in [7, 11) is 0. The SMILES string of the molecule is O=C(NCCCN1CCN(C[C@H]2CCOC2)CC1)C1CCCC1. The van der Waals surface area contributed by atoms with Crippen LogP contribution in [0.3, 0.4) is 0 Å². The number of hydrogen-bond acceptors (Lipinski definition) is 4. The van der Waals surface area contributed by atoms with Gasteiger partial charge in [0.15, 0.2) is 0 Å². The van der Waals surface area contributed by atoms with Gasteiger partial charge in [-0.3, -0.25) is 4.79 Å². The van der Waals surface area contributed by atoms with Crippen LogP contribution in [-0.4, -0.2) is 74.7 Å². The van der Waals surface area contributed by atoms with E-state index in [0.717, 1.165) is 51.5 Å². The first-order valence-corrected chi connectivity index (χ1v) is 9.61. The molecular weight excluding hydrogens is 290 g/mol. The molecule has 1 saturated carbocycles. The molecule has 3 aliphatic rings. The lowest BCUT2D eigenvalue weighted by molar-refractivity contribution is -0.124. The minimum Gasteiger partial charge on any atom is -0.381 e. The molecule has 0 radical (unpaired) electrons. The number of ether oxygens (including phenoxy) is 1. The standard InChI is InChI=1S/C18H33N3O2/c22-18(17-4-1-2-5-17)19-7-3-8-20-9-11-21(12-10-20)14-16-6-13-23-15-16/h16-17H,1-15H2,(H,19,22)/t16-/m1/s1. The Bertz CT molecular complexity index is 357. The molecule has 0 aromatic heterocycles. The zero-order valence-corrected chi connectivity index (χ0v) is 14.5. The topological polar surface area (TPSA) is 44.8 Å². The van der Waals surface area contributed by atoms with Crippen molar-refractivity contribution in [2.75, 3.05) is 59.0 Å². The number of nitrogens with one attached hydrogen (secondary N) is 1. The van der Waals surface area contributed by atoms with E-state index in [2.05, 4.69) is 15.1 Å². The smallest absolute Gasteiger partial charge is 0.223 e. The van der Waals surface area contributed by atoms with E-state index in [1.165, 1.54) is 52.0 Å². The third-order valence-electron chi connectivity index (χ3n) is 5.68. The van der Waals surface area contributed by atoms with Crippen molar-refractivity contribution in [2.24, 2.45) is 11.8 Å². The molecule has 3 fully saturated rings. The Morgan fingerprint density at radius 1 is 1.04 bits per heavy atom. The zero-order chi connectivity index (χ0) is 15.9. The predicted octanol–water partition coefficient (Wildman–Crippen LogP) is 1.34. The molecule has 0 spiro atoms. The average molecular weight is 323 g/mol. The first-order chi connectivity index (χ1) is 11.3. The van der Waals surface area contributed by atoms with Gasteiger partial charge in [-0.2, -0.15) is 0 Å². The number of carbonyl (C=O) groups excluding carboxylic acids is 1. The summed E-state index contributed by atoms with van der Waals surface area (Å²) >= 11 is 0. The summed E-state index contributed by atoms with van der Waals surface area (Å²) in [5.41, 5.74) is 0. The minimum atomic E-state index is 0.297. The molecule has 2 saturated heterocycles. The third kappa shape index (κ3) is 5.44. The van der Waals surface area contributed by atoms with Gasteiger partial charge < -0.3 is 19.9 Å². The first kappa shape index (κ1) is 17.2. The minimum absolute atomic E-state index is 0.297. The van der Waals surface area contributed by atoms with Crippen LogP contribution >= 0.6 is 0 Å². The second-order valence-electron chi connectivity index (χ2n) is 7.50. The highest BCUT2D eigenvalue weighted by atomic mass is 16.5. The fourth-order valence-corrected chi connectivity index (χ4v) is 4.13. The molecule has 0 aromatic rings. The molecule has 0 aromatic carbocycles. The van der Waals surface area contributed by atoms with Gasteiger partial charge in [-0.15, -0.1) is 0 Å². The highest BCUT2D eigenvalue weighted by molar-refractivity contribution is 5.78. The van der Waals surface area contributed by atoms with Gasteiger partial charge in [-0.05, 0) is 38.1 Å². The lowest BCUT2D eigenvalue weighted by atomic mass is 10.1. The van der Waals surface area contributed by atoms with E-state index < -0.39 is 0 Å². The summed E-state index contributed by atoms with van der Waals surface area (Å²) in [6.07, 6.45) is 6.97. The van der Waals surface area contributed by atoms with Crippen molar-refractivity contribution in [2.45, 2.75) is 38.5 Å². The maximum absolute atomic E-state index is 12.0. The van der Waals surface area contributed by atoms with Gasteiger partial charge in [0.25, 0.3) is 0 Å². The maximum Gasteiger partial charge on any atom is 0.223 e. The fourth-order valence-electron chi connectivity index (χ4n) is 4.13. The normalized spacial score (nSPS) is 27.6. The Balaban J connectivity index is 1.22. The van der Waals surface area contributed by atoms with Gasteiger partial charge in [0.05, 0.1) is 6.61 Å². The molecule has 5 heteroatoms. The van der Waals surface area contributed by atoms with Crippen LogP contribution in [0.2, 0.25) is 0 Å². The van der Waals surface area contributed by atoms with E-state index in [0.29, 0.717) is 11.8 Å². The van der Waals surface area contributed by atoms with Crippen LogP contribution in [0.4, 0.5) is 0 Å². The van der Waals surface area contributed by atoms with Crippen LogP contribution in [-0.2, 0) is 9.53 Å². The van der Waals surface area contributed by atoms with Crippen molar-refractivity contribution in [3.05, 3.63) is 0 Å². The molecule has 1 amide bonds. The van der Waals surface area contributed by atoms with Crippen LogP contribution in [0.1, 0.15) is 38.5 Å². The Labute approximate surface area is 140 Å².